The Labute approximate surface area is 104 Å². The Morgan fingerprint density at radius 2 is 2.06 bits per heavy atom. The number of allylic oxidation sites excluding steroid dienone is 1. The maximum absolute atomic E-state index is 10.3. The van der Waals surface area contributed by atoms with Crippen LogP contribution in [0.5, 0.6) is 0 Å². The van der Waals surface area contributed by atoms with Gasteiger partial charge < -0.3 is 10.2 Å². The van der Waals surface area contributed by atoms with Crippen LogP contribution in [0.1, 0.15) is 39.5 Å². The van der Waals surface area contributed by atoms with E-state index in [1.165, 1.54) is 5.57 Å². The molecule has 2 aliphatic carbocycles. The Morgan fingerprint density at radius 3 is 2.65 bits per heavy atom. The fraction of sp³-hybridized carbons (Fsp3) is 0.733. The predicted octanol–water partition coefficient (Wildman–Crippen LogP) is 2.67. The molecule has 0 aliphatic heterocycles. The second-order valence-electron chi connectivity index (χ2n) is 6.25. The smallest absolute Gasteiger partial charge is 0.0861 e. The largest absolute Gasteiger partial charge is 0.390 e. The van der Waals surface area contributed by atoms with Gasteiger partial charge in [-0.3, -0.25) is 0 Å². The highest BCUT2D eigenvalue weighted by atomic mass is 16.3. The van der Waals surface area contributed by atoms with Crippen LogP contribution in [0.25, 0.3) is 0 Å². The number of aliphatic hydroxyl groups excluding tert-OH is 2. The number of aliphatic hydroxyl groups is 2. The molecule has 0 saturated heterocycles. The van der Waals surface area contributed by atoms with E-state index in [9.17, 15) is 10.2 Å². The molecule has 2 aliphatic rings. The summed E-state index contributed by atoms with van der Waals surface area (Å²) < 4.78 is 0. The molecule has 0 amide bonds. The van der Waals surface area contributed by atoms with Gasteiger partial charge in [0, 0.05) is 5.41 Å². The molecule has 0 aromatic rings. The molecule has 17 heavy (non-hydrogen) atoms. The van der Waals surface area contributed by atoms with Gasteiger partial charge in [-0.1, -0.05) is 31.2 Å². The molecule has 0 bridgehead atoms. The van der Waals surface area contributed by atoms with Crippen LogP contribution in [-0.4, -0.2) is 22.4 Å². The highest BCUT2D eigenvalue weighted by molar-refractivity contribution is 5.19. The molecule has 0 aromatic carbocycles. The molecule has 96 valence electrons. The minimum atomic E-state index is -0.634. The molecular weight excluding hydrogens is 212 g/mol. The van der Waals surface area contributed by atoms with Gasteiger partial charge in [-0.2, -0.15) is 0 Å². The van der Waals surface area contributed by atoms with Crippen LogP contribution in [0, 0.1) is 17.3 Å². The van der Waals surface area contributed by atoms with Crippen molar-refractivity contribution in [3.05, 3.63) is 24.3 Å². The maximum atomic E-state index is 10.3. The van der Waals surface area contributed by atoms with E-state index in [-0.39, 0.29) is 5.41 Å². The van der Waals surface area contributed by atoms with Crippen molar-refractivity contribution in [3.8, 4) is 0 Å². The van der Waals surface area contributed by atoms with Crippen molar-refractivity contribution in [2.45, 2.75) is 51.7 Å². The Bertz CT molecular complexity index is 347. The van der Waals surface area contributed by atoms with Crippen LogP contribution in [0.15, 0.2) is 24.3 Å². The van der Waals surface area contributed by atoms with Crippen molar-refractivity contribution in [2.24, 2.45) is 17.3 Å². The van der Waals surface area contributed by atoms with Gasteiger partial charge in [0.05, 0.1) is 12.2 Å². The summed E-state index contributed by atoms with van der Waals surface area (Å²) in [4.78, 5) is 0. The van der Waals surface area contributed by atoms with Crippen LogP contribution in [0.4, 0.5) is 0 Å². The summed E-state index contributed by atoms with van der Waals surface area (Å²) in [5, 5.41) is 20.2. The monoisotopic (exact) mass is 236 g/mol. The second-order valence-corrected chi connectivity index (χ2v) is 6.25. The summed E-state index contributed by atoms with van der Waals surface area (Å²) in [6.07, 6.45) is 2.36. The van der Waals surface area contributed by atoms with Crippen molar-refractivity contribution in [3.63, 3.8) is 0 Å². The predicted molar refractivity (Wildman–Crippen MR) is 69.5 cm³/mol. The van der Waals surface area contributed by atoms with Gasteiger partial charge in [0.1, 0.15) is 0 Å². The molecule has 0 aromatic heterocycles. The molecule has 3 unspecified atom stereocenters. The molecule has 0 heterocycles. The minimum Gasteiger partial charge on any atom is -0.390 e. The Morgan fingerprint density at radius 1 is 1.41 bits per heavy atom. The number of fused-ring (bicyclic) bond motifs is 1. The SMILES string of the molecule is C=C(C)C1CC[C@@]2(C)C(O)C(O)CC(=C)[C@@H]2C1. The molecule has 0 spiro atoms. The molecule has 2 fully saturated rings. The molecule has 2 saturated carbocycles. The molecule has 2 rings (SSSR count). The van der Waals surface area contributed by atoms with Crippen LogP contribution in [-0.2, 0) is 0 Å². The highest BCUT2D eigenvalue weighted by Crippen LogP contribution is 2.54. The van der Waals surface area contributed by atoms with E-state index in [1.54, 1.807) is 0 Å². The standard InChI is InChI=1S/C15H24O2/c1-9(2)11-5-6-15(4)12(8-11)10(3)7-13(16)14(15)17/h11-14,16-17H,1,3,5-8H2,2,4H3/t11?,12-,13?,14?,15+/m0/s1. The zero-order valence-electron chi connectivity index (χ0n) is 10.9. The molecule has 5 atom stereocenters. The average Bonchev–Trinajstić information content (AvgIpc) is 2.26. The molecule has 2 nitrogen and oxygen atoms in total. The first-order chi connectivity index (χ1) is 7.86. The van der Waals surface area contributed by atoms with E-state index in [4.69, 9.17) is 0 Å². The van der Waals surface area contributed by atoms with Crippen molar-refractivity contribution in [2.75, 3.05) is 0 Å². The third-order valence-electron chi connectivity index (χ3n) is 5.05. The summed E-state index contributed by atoms with van der Waals surface area (Å²) in [5.41, 5.74) is 2.15. The van der Waals surface area contributed by atoms with E-state index in [0.717, 1.165) is 24.8 Å². The molecule has 0 radical (unpaired) electrons. The fourth-order valence-electron chi connectivity index (χ4n) is 3.73. The Kier molecular flexibility index (Phi) is 3.21. The van der Waals surface area contributed by atoms with Crippen LogP contribution in [0.3, 0.4) is 0 Å². The van der Waals surface area contributed by atoms with Gasteiger partial charge in [0.25, 0.3) is 0 Å². The molecule has 2 N–H and O–H groups in total. The van der Waals surface area contributed by atoms with Gasteiger partial charge in [-0.15, -0.1) is 0 Å². The zero-order valence-corrected chi connectivity index (χ0v) is 10.9. The average molecular weight is 236 g/mol. The number of hydrogen-bond donors (Lipinski definition) is 2. The quantitative estimate of drug-likeness (QED) is 0.687. The van der Waals surface area contributed by atoms with Crippen LogP contribution in [0.2, 0.25) is 0 Å². The third kappa shape index (κ3) is 1.98. The lowest BCUT2D eigenvalue weighted by atomic mass is 9.54. The lowest BCUT2D eigenvalue weighted by Crippen LogP contribution is -2.53. The van der Waals surface area contributed by atoms with E-state index >= 15 is 0 Å². The topological polar surface area (TPSA) is 40.5 Å². The van der Waals surface area contributed by atoms with Crippen LogP contribution < -0.4 is 0 Å². The van der Waals surface area contributed by atoms with Crippen molar-refractivity contribution in [1.29, 1.82) is 0 Å². The molecule has 2 heteroatoms. The van der Waals surface area contributed by atoms with E-state index in [2.05, 4.69) is 27.0 Å². The summed E-state index contributed by atoms with van der Waals surface area (Å²) >= 11 is 0. The van der Waals surface area contributed by atoms with Crippen molar-refractivity contribution in [1.82, 2.24) is 0 Å². The minimum absolute atomic E-state index is 0.194. The Hall–Kier alpha value is -0.600. The lowest BCUT2D eigenvalue weighted by Gasteiger charge is -2.53. The van der Waals surface area contributed by atoms with E-state index < -0.39 is 12.2 Å². The fourth-order valence-corrected chi connectivity index (χ4v) is 3.73. The number of hydrogen-bond acceptors (Lipinski definition) is 2. The third-order valence-corrected chi connectivity index (χ3v) is 5.05. The van der Waals surface area contributed by atoms with Crippen LogP contribution >= 0.6 is 0 Å². The highest BCUT2D eigenvalue weighted by Gasteiger charge is 2.51. The lowest BCUT2D eigenvalue weighted by molar-refractivity contribution is -0.115. The van der Waals surface area contributed by atoms with Gasteiger partial charge in [0.2, 0.25) is 0 Å². The number of rotatable bonds is 1. The van der Waals surface area contributed by atoms with Gasteiger partial charge in [-0.05, 0) is 44.4 Å². The first-order valence-electron chi connectivity index (χ1n) is 6.55. The normalized spacial score (nSPS) is 46.5. The second kappa shape index (κ2) is 4.25. The zero-order chi connectivity index (χ0) is 12.8. The van der Waals surface area contributed by atoms with E-state index in [0.29, 0.717) is 18.3 Å². The summed E-state index contributed by atoms with van der Waals surface area (Å²) in [6.45, 7) is 12.4. The maximum Gasteiger partial charge on any atom is 0.0861 e. The first-order valence-corrected chi connectivity index (χ1v) is 6.55. The van der Waals surface area contributed by atoms with Gasteiger partial charge >= 0.3 is 0 Å². The van der Waals surface area contributed by atoms with Crippen molar-refractivity contribution >= 4 is 0 Å². The van der Waals surface area contributed by atoms with E-state index in [1.807, 2.05) is 0 Å². The first kappa shape index (κ1) is 12.8. The van der Waals surface area contributed by atoms with Gasteiger partial charge in [0.15, 0.2) is 0 Å². The summed E-state index contributed by atoms with van der Waals surface area (Å²) in [5.74, 6) is 0.878. The summed E-state index contributed by atoms with van der Waals surface area (Å²) in [7, 11) is 0. The van der Waals surface area contributed by atoms with Crippen molar-refractivity contribution < 1.29 is 10.2 Å². The summed E-state index contributed by atoms with van der Waals surface area (Å²) in [6, 6.07) is 0. The molecular formula is C15H24O2. The Balaban J connectivity index is 2.25. The van der Waals surface area contributed by atoms with Gasteiger partial charge in [-0.25, -0.2) is 0 Å².